The number of carbonyl (C=O) groups excluding carboxylic acids is 2. The molecule has 5 nitrogen and oxygen atoms in total. The van der Waals surface area contributed by atoms with Crippen LogP contribution < -0.4 is 15.8 Å². The van der Waals surface area contributed by atoms with E-state index < -0.39 is 6.10 Å². The Balaban J connectivity index is 1.93. The van der Waals surface area contributed by atoms with Gasteiger partial charge in [0.25, 0.3) is 5.91 Å². The summed E-state index contributed by atoms with van der Waals surface area (Å²) >= 11 is 0. The monoisotopic (exact) mass is 318 g/mol. The molecule has 0 heterocycles. The lowest BCUT2D eigenvalue weighted by molar-refractivity contribution is -0.128. The normalized spacial score (nSPS) is 16.7. The highest BCUT2D eigenvalue weighted by Crippen LogP contribution is 2.34. The number of benzene rings is 1. The zero-order chi connectivity index (χ0) is 17.0. The molecule has 0 aromatic heterocycles. The largest absolute Gasteiger partial charge is 0.481 e. The molecule has 0 saturated heterocycles. The van der Waals surface area contributed by atoms with E-state index in [9.17, 15) is 9.59 Å². The van der Waals surface area contributed by atoms with Crippen molar-refractivity contribution in [3.63, 3.8) is 0 Å². The summed E-state index contributed by atoms with van der Waals surface area (Å²) < 4.78 is 5.74. The molecule has 1 fully saturated rings. The molecule has 0 spiro atoms. The smallest absolute Gasteiger partial charge is 0.261 e. The Morgan fingerprint density at radius 3 is 2.57 bits per heavy atom. The summed E-state index contributed by atoms with van der Waals surface area (Å²) in [6, 6.07) is 7.59. The number of amides is 2. The predicted molar refractivity (Wildman–Crippen MR) is 89.1 cm³/mol. The first-order chi connectivity index (χ1) is 10.9. The maximum atomic E-state index is 12.3. The second-order valence-corrected chi connectivity index (χ2v) is 6.61. The zero-order valence-electron chi connectivity index (χ0n) is 14.0. The third kappa shape index (κ3) is 5.27. The lowest BCUT2D eigenvalue weighted by Gasteiger charge is -2.21. The number of rotatable bonds is 8. The van der Waals surface area contributed by atoms with E-state index >= 15 is 0 Å². The van der Waals surface area contributed by atoms with Gasteiger partial charge in [0.1, 0.15) is 5.75 Å². The van der Waals surface area contributed by atoms with Crippen LogP contribution in [-0.4, -0.2) is 24.0 Å². The summed E-state index contributed by atoms with van der Waals surface area (Å²) in [5, 5.41) is 2.90. The minimum absolute atomic E-state index is 0.173. The molecule has 1 aromatic rings. The van der Waals surface area contributed by atoms with Gasteiger partial charge in [0, 0.05) is 12.5 Å². The summed E-state index contributed by atoms with van der Waals surface area (Å²) in [4.78, 5) is 23.4. The zero-order valence-corrected chi connectivity index (χ0v) is 14.0. The molecule has 0 aliphatic heterocycles. The lowest BCUT2D eigenvalue weighted by atomic mass is 10.0. The highest BCUT2D eigenvalue weighted by atomic mass is 16.5. The van der Waals surface area contributed by atoms with Crippen LogP contribution >= 0.6 is 0 Å². The van der Waals surface area contributed by atoms with Gasteiger partial charge in [-0.3, -0.25) is 9.59 Å². The summed E-state index contributed by atoms with van der Waals surface area (Å²) in [6.45, 7) is 5.93. The Kier molecular flexibility index (Phi) is 5.64. The predicted octanol–water partition coefficient (Wildman–Crippen LogP) is 2.35. The second-order valence-electron chi connectivity index (χ2n) is 6.61. The van der Waals surface area contributed by atoms with Crippen LogP contribution in [-0.2, 0) is 9.59 Å². The van der Waals surface area contributed by atoms with Crippen molar-refractivity contribution in [2.24, 2.45) is 11.7 Å². The number of ether oxygens (including phenoxy) is 1. The van der Waals surface area contributed by atoms with Gasteiger partial charge in [-0.05, 0) is 49.3 Å². The van der Waals surface area contributed by atoms with Gasteiger partial charge in [0.05, 0.1) is 0 Å². The first-order valence-corrected chi connectivity index (χ1v) is 8.22. The maximum absolute atomic E-state index is 12.3. The fraction of sp³-hybridized carbons (Fsp3) is 0.556. The molecule has 126 valence electrons. The molecule has 2 atom stereocenters. The van der Waals surface area contributed by atoms with Crippen LogP contribution in [0.4, 0.5) is 0 Å². The second kappa shape index (κ2) is 7.49. The van der Waals surface area contributed by atoms with Gasteiger partial charge >= 0.3 is 0 Å². The van der Waals surface area contributed by atoms with Crippen LogP contribution in [0.3, 0.4) is 0 Å². The molecule has 1 aliphatic rings. The summed E-state index contributed by atoms with van der Waals surface area (Å²) in [5.74, 6) is 0.843. The molecule has 5 heteroatoms. The number of nitrogens with one attached hydrogen (secondary N) is 1. The number of hydrogen-bond acceptors (Lipinski definition) is 3. The third-order valence-electron chi connectivity index (χ3n) is 4.15. The van der Waals surface area contributed by atoms with Gasteiger partial charge in [-0.1, -0.05) is 26.0 Å². The van der Waals surface area contributed by atoms with Crippen molar-refractivity contribution in [2.75, 3.05) is 0 Å². The average molecular weight is 318 g/mol. The van der Waals surface area contributed by atoms with Crippen LogP contribution in [0.25, 0.3) is 0 Å². The highest BCUT2D eigenvalue weighted by Gasteiger charge is 2.34. The highest BCUT2D eigenvalue weighted by molar-refractivity contribution is 5.82. The first-order valence-electron chi connectivity index (χ1n) is 8.22. The standard InChI is InChI=1S/C18H26N2O3/c1-11(2)14-5-4-6-15(9-14)23-12(3)18(22)20-16(10-17(19)21)13-7-8-13/h4-6,9,11-13,16H,7-8,10H2,1-3H3,(H2,19,21)(H,20,22)/t12-,16-/m1/s1. The van der Waals surface area contributed by atoms with Gasteiger partial charge in [-0.25, -0.2) is 0 Å². The quantitative estimate of drug-likeness (QED) is 0.772. The van der Waals surface area contributed by atoms with Crippen LogP contribution in [0.5, 0.6) is 5.75 Å². The third-order valence-corrected chi connectivity index (χ3v) is 4.15. The molecule has 23 heavy (non-hydrogen) atoms. The van der Waals surface area contributed by atoms with Crippen LogP contribution in [0.2, 0.25) is 0 Å². The molecule has 2 amide bonds. The van der Waals surface area contributed by atoms with Crippen LogP contribution in [0.15, 0.2) is 24.3 Å². The molecule has 1 aliphatic carbocycles. The summed E-state index contributed by atoms with van der Waals surface area (Å²) in [6.07, 6.45) is 1.63. The van der Waals surface area contributed by atoms with E-state index in [1.165, 1.54) is 5.56 Å². The van der Waals surface area contributed by atoms with Gasteiger partial charge in [-0.15, -0.1) is 0 Å². The van der Waals surface area contributed by atoms with Crippen molar-refractivity contribution in [1.29, 1.82) is 0 Å². The lowest BCUT2D eigenvalue weighted by Crippen LogP contribution is -2.45. The van der Waals surface area contributed by atoms with E-state index in [2.05, 4.69) is 19.2 Å². The maximum Gasteiger partial charge on any atom is 0.261 e. The van der Waals surface area contributed by atoms with Crippen LogP contribution in [0.1, 0.15) is 51.5 Å². The molecule has 0 bridgehead atoms. The molecule has 2 rings (SSSR count). The first kappa shape index (κ1) is 17.3. The number of carbonyl (C=O) groups is 2. The Morgan fingerprint density at radius 2 is 2.00 bits per heavy atom. The molecule has 1 saturated carbocycles. The van der Waals surface area contributed by atoms with Crippen molar-refractivity contribution in [1.82, 2.24) is 5.32 Å². The minimum Gasteiger partial charge on any atom is -0.481 e. The van der Waals surface area contributed by atoms with E-state index in [4.69, 9.17) is 10.5 Å². The fourth-order valence-electron chi connectivity index (χ4n) is 2.56. The van der Waals surface area contributed by atoms with Gasteiger partial charge in [-0.2, -0.15) is 0 Å². The van der Waals surface area contributed by atoms with Crippen molar-refractivity contribution < 1.29 is 14.3 Å². The van der Waals surface area contributed by atoms with E-state index in [-0.39, 0.29) is 24.3 Å². The molecule has 0 radical (unpaired) electrons. The minimum atomic E-state index is -0.619. The van der Waals surface area contributed by atoms with E-state index in [0.717, 1.165) is 12.8 Å². The van der Waals surface area contributed by atoms with E-state index in [1.807, 2.05) is 24.3 Å². The Bertz CT molecular complexity index is 567. The van der Waals surface area contributed by atoms with Crippen molar-refractivity contribution in [3.05, 3.63) is 29.8 Å². The molecular formula is C18H26N2O3. The van der Waals surface area contributed by atoms with Gasteiger partial charge in [0.2, 0.25) is 5.91 Å². The number of hydrogen-bond donors (Lipinski definition) is 2. The summed E-state index contributed by atoms with van der Waals surface area (Å²) in [7, 11) is 0. The van der Waals surface area contributed by atoms with Gasteiger partial charge < -0.3 is 15.8 Å². The topological polar surface area (TPSA) is 81.4 Å². The Morgan fingerprint density at radius 1 is 1.30 bits per heavy atom. The fourth-order valence-corrected chi connectivity index (χ4v) is 2.56. The number of primary amides is 1. The van der Waals surface area contributed by atoms with Crippen molar-refractivity contribution >= 4 is 11.8 Å². The van der Waals surface area contributed by atoms with E-state index in [0.29, 0.717) is 17.6 Å². The molecule has 3 N–H and O–H groups in total. The molecule has 1 aromatic carbocycles. The van der Waals surface area contributed by atoms with Crippen LogP contribution in [0, 0.1) is 5.92 Å². The van der Waals surface area contributed by atoms with E-state index in [1.54, 1.807) is 6.92 Å². The number of nitrogens with two attached hydrogens (primary N) is 1. The SMILES string of the molecule is CC(C)c1cccc(O[C@H](C)C(=O)N[C@H](CC(N)=O)C2CC2)c1. The van der Waals surface area contributed by atoms with Crippen molar-refractivity contribution in [3.8, 4) is 5.75 Å². The van der Waals surface area contributed by atoms with Gasteiger partial charge in [0.15, 0.2) is 6.10 Å². The summed E-state index contributed by atoms with van der Waals surface area (Å²) in [5.41, 5.74) is 6.42. The molecular weight excluding hydrogens is 292 g/mol. The van der Waals surface area contributed by atoms with Crippen molar-refractivity contribution in [2.45, 2.75) is 58.1 Å². The average Bonchev–Trinajstić information content (AvgIpc) is 3.30. The Hall–Kier alpha value is -2.04. The Labute approximate surface area is 137 Å². The molecule has 0 unspecified atom stereocenters.